The molecule has 0 unspecified atom stereocenters. The van der Waals surface area contributed by atoms with Crippen LogP contribution in [0.15, 0.2) is 52.9 Å². The fourth-order valence-corrected chi connectivity index (χ4v) is 1.97. The second-order valence-electron chi connectivity index (χ2n) is 4.17. The first-order valence-electron chi connectivity index (χ1n) is 5.73. The van der Waals surface area contributed by atoms with Crippen molar-refractivity contribution in [2.45, 2.75) is 0 Å². The quantitative estimate of drug-likeness (QED) is 0.451. The van der Waals surface area contributed by atoms with Crippen LogP contribution in [0.1, 0.15) is 0 Å². The number of benzene rings is 2. The van der Waals surface area contributed by atoms with Crippen LogP contribution in [0.5, 0.6) is 17.2 Å². The van der Waals surface area contributed by atoms with E-state index in [2.05, 4.69) is 0 Å². The molecule has 0 atom stereocenters. The van der Waals surface area contributed by atoms with E-state index >= 15 is 0 Å². The van der Waals surface area contributed by atoms with Crippen LogP contribution >= 0.6 is 0 Å². The molecular weight excluding hydrogens is 280 g/mol. The maximum Gasteiger partial charge on any atom is 0.401 e. The van der Waals surface area contributed by atoms with Crippen LogP contribution in [0, 0.1) is 0 Å². The minimum Gasteiger partial charge on any atom is -1.00 e. The molecule has 3 aromatic rings. The zero-order valence-corrected chi connectivity index (χ0v) is 11.0. The number of halogens is 1. The Morgan fingerprint density at radius 1 is 0.800 bits per heavy atom. The number of hydrogen-bond acceptors (Lipinski definition) is 3. The molecule has 0 aliphatic rings. The molecule has 1 aromatic heterocycles. The lowest BCUT2D eigenvalue weighted by atomic mass is 10.1. The second kappa shape index (κ2) is 5.27. The van der Waals surface area contributed by atoms with Crippen LogP contribution in [-0.4, -0.2) is 15.3 Å². The third-order valence-corrected chi connectivity index (χ3v) is 2.92. The van der Waals surface area contributed by atoms with Gasteiger partial charge in [-0.15, -0.1) is 0 Å². The van der Waals surface area contributed by atoms with Crippen LogP contribution in [0.2, 0.25) is 0 Å². The van der Waals surface area contributed by atoms with Gasteiger partial charge in [-0.25, -0.2) is 4.42 Å². The lowest BCUT2D eigenvalue weighted by Crippen LogP contribution is -3.00. The van der Waals surface area contributed by atoms with Crippen LogP contribution < -0.4 is 12.4 Å². The summed E-state index contributed by atoms with van der Waals surface area (Å²) < 4.78 is 5.59. The van der Waals surface area contributed by atoms with E-state index in [1.165, 1.54) is 18.2 Å². The van der Waals surface area contributed by atoms with Crippen molar-refractivity contribution in [1.29, 1.82) is 0 Å². The van der Waals surface area contributed by atoms with E-state index in [4.69, 9.17) is 4.42 Å². The van der Waals surface area contributed by atoms with Crippen molar-refractivity contribution < 1.29 is 32.1 Å². The second-order valence-corrected chi connectivity index (χ2v) is 4.17. The molecule has 0 fully saturated rings. The van der Waals surface area contributed by atoms with Crippen molar-refractivity contribution >= 4 is 11.0 Å². The highest BCUT2D eigenvalue weighted by Crippen LogP contribution is 2.39. The Morgan fingerprint density at radius 3 is 2.20 bits per heavy atom. The monoisotopic (exact) mass is 290 g/mol. The molecule has 2 aromatic carbocycles. The average Bonchev–Trinajstić information content (AvgIpc) is 2.44. The number of rotatable bonds is 1. The van der Waals surface area contributed by atoms with Crippen molar-refractivity contribution in [1.82, 2.24) is 0 Å². The Kier molecular flexibility index (Phi) is 3.68. The molecule has 0 bridgehead atoms. The summed E-state index contributed by atoms with van der Waals surface area (Å²) in [4.78, 5) is 0. The van der Waals surface area contributed by atoms with E-state index < -0.39 is 0 Å². The molecule has 0 spiro atoms. The van der Waals surface area contributed by atoms with Gasteiger partial charge in [0, 0.05) is 12.1 Å². The van der Waals surface area contributed by atoms with Crippen molar-refractivity contribution in [3.8, 4) is 28.6 Å². The van der Waals surface area contributed by atoms with E-state index in [1.807, 2.05) is 30.3 Å². The maximum absolute atomic E-state index is 9.99. The summed E-state index contributed by atoms with van der Waals surface area (Å²) in [7, 11) is 0. The number of fused-ring (bicyclic) bond motifs is 1. The van der Waals surface area contributed by atoms with Crippen LogP contribution in [0.4, 0.5) is 0 Å². The molecule has 1 heterocycles. The number of hydrogen-bond donors (Lipinski definition) is 3. The van der Waals surface area contributed by atoms with Gasteiger partial charge in [0.2, 0.25) is 5.75 Å². The van der Waals surface area contributed by atoms with Crippen LogP contribution in [-0.2, 0) is 0 Å². The van der Waals surface area contributed by atoms with Gasteiger partial charge in [-0.2, -0.15) is 0 Å². The third-order valence-electron chi connectivity index (χ3n) is 2.92. The number of aromatic hydroxyl groups is 3. The van der Waals surface area contributed by atoms with E-state index in [1.54, 1.807) is 0 Å². The van der Waals surface area contributed by atoms with Crippen molar-refractivity contribution in [3.05, 3.63) is 48.5 Å². The summed E-state index contributed by atoms with van der Waals surface area (Å²) in [6.07, 6.45) is 0. The molecule has 0 radical (unpaired) electrons. The minimum absolute atomic E-state index is 0. The topological polar surface area (TPSA) is 72.0 Å². The molecule has 0 saturated carbocycles. The molecule has 3 rings (SSSR count). The summed E-state index contributed by atoms with van der Waals surface area (Å²) >= 11 is 0. The SMILES string of the molecule is Oc1cc2c(O)c(O)ccc2[o+]c1-c1ccccc1.[Cl-]. The van der Waals surface area contributed by atoms with E-state index in [9.17, 15) is 15.3 Å². The first kappa shape index (κ1) is 14.0. The highest BCUT2D eigenvalue weighted by molar-refractivity contribution is 5.89. The molecular formula is C15H11ClO4. The fraction of sp³-hybridized carbons (Fsp3) is 0. The highest BCUT2D eigenvalue weighted by atomic mass is 35.5. The van der Waals surface area contributed by atoms with Gasteiger partial charge in [0.05, 0.1) is 5.56 Å². The Hall–Kier alpha value is -2.46. The third kappa shape index (κ3) is 2.21. The van der Waals surface area contributed by atoms with E-state index in [0.29, 0.717) is 11.3 Å². The minimum atomic E-state index is -0.309. The summed E-state index contributed by atoms with van der Waals surface area (Å²) in [5.41, 5.74) is 1.11. The van der Waals surface area contributed by atoms with Gasteiger partial charge in [-0.3, -0.25) is 0 Å². The molecule has 0 amide bonds. The van der Waals surface area contributed by atoms with Gasteiger partial charge in [0.15, 0.2) is 11.5 Å². The van der Waals surface area contributed by atoms with Gasteiger partial charge < -0.3 is 27.7 Å². The average molecular weight is 291 g/mol. The molecule has 5 heteroatoms. The van der Waals surface area contributed by atoms with E-state index in [-0.39, 0.29) is 35.0 Å². The van der Waals surface area contributed by atoms with Gasteiger partial charge in [-0.1, -0.05) is 18.2 Å². The lowest BCUT2D eigenvalue weighted by Gasteiger charge is -1.99. The normalized spacial score (nSPS) is 10.2. The lowest BCUT2D eigenvalue weighted by molar-refractivity contribution is -0.00000681. The molecule has 4 nitrogen and oxygen atoms in total. The largest absolute Gasteiger partial charge is 1.00 e. The summed E-state index contributed by atoms with van der Waals surface area (Å²) in [6.45, 7) is 0. The standard InChI is InChI=1S/C15H10O4.ClH/c16-11-6-7-13-10(14(11)18)8-12(17)15(19-13)9-4-2-1-3-5-9;/h1-8H,(H2-,16,17,18);1H. The van der Waals surface area contributed by atoms with Gasteiger partial charge >= 0.3 is 11.3 Å². The highest BCUT2D eigenvalue weighted by Gasteiger charge is 2.23. The van der Waals surface area contributed by atoms with Gasteiger partial charge in [0.1, 0.15) is 5.39 Å². The van der Waals surface area contributed by atoms with Crippen LogP contribution in [0.25, 0.3) is 22.3 Å². The molecule has 0 aliphatic carbocycles. The molecule has 0 aliphatic heterocycles. The van der Waals surface area contributed by atoms with Crippen molar-refractivity contribution in [3.63, 3.8) is 0 Å². The summed E-state index contributed by atoms with van der Waals surface area (Å²) in [5.74, 6) is -0.344. The van der Waals surface area contributed by atoms with Crippen molar-refractivity contribution in [2.24, 2.45) is 0 Å². The summed E-state index contributed by atoms with van der Waals surface area (Å²) in [5, 5.41) is 29.4. The predicted octanol–water partition coefficient (Wildman–Crippen LogP) is 0.502. The molecule has 20 heavy (non-hydrogen) atoms. The fourth-order valence-electron chi connectivity index (χ4n) is 1.97. The Morgan fingerprint density at radius 2 is 1.50 bits per heavy atom. The zero-order chi connectivity index (χ0) is 13.4. The number of phenols is 2. The Balaban J connectivity index is 0.00000147. The first-order chi connectivity index (χ1) is 9.16. The number of phenolic OH excluding ortho intramolecular Hbond substituents is 2. The van der Waals surface area contributed by atoms with Crippen LogP contribution in [0.3, 0.4) is 0 Å². The van der Waals surface area contributed by atoms with E-state index in [0.717, 1.165) is 5.56 Å². The first-order valence-corrected chi connectivity index (χ1v) is 5.73. The molecule has 0 saturated heterocycles. The Labute approximate surface area is 121 Å². The molecule has 102 valence electrons. The predicted molar refractivity (Wildman–Crippen MR) is 71.1 cm³/mol. The van der Waals surface area contributed by atoms with Gasteiger partial charge in [0.25, 0.3) is 0 Å². The summed E-state index contributed by atoms with van der Waals surface area (Å²) in [6, 6.07) is 13.4. The maximum atomic E-state index is 9.99. The smallest absolute Gasteiger partial charge is 0.401 e. The molecule has 3 N–H and O–H groups in total. The van der Waals surface area contributed by atoms with Gasteiger partial charge in [-0.05, 0) is 18.2 Å². The zero-order valence-electron chi connectivity index (χ0n) is 10.2. The van der Waals surface area contributed by atoms with Crippen molar-refractivity contribution in [2.75, 3.05) is 0 Å². The Bertz CT molecular complexity index is 757.